The maximum Gasteiger partial charge on any atom is 0.227 e. The highest BCUT2D eigenvalue weighted by molar-refractivity contribution is 7.11. The summed E-state index contributed by atoms with van der Waals surface area (Å²) in [6, 6.07) is 7.82. The van der Waals surface area contributed by atoms with Gasteiger partial charge < -0.3 is 19.2 Å². The van der Waals surface area contributed by atoms with Gasteiger partial charge in [-0.1, -0.05) is 30.8 Å². The molecule has 0 aliphatic heterocycles. The lowest BCUT2D eigenvalue weighted by molar-refractivity contribution is -0.132. The van der Waals surface area contributed by atoms with Gasteiger partial charge in [-0.05, 0) is 44.0 Å². The van der Waals surface area contributed by atoms with Crippen LogP contribution in [-0.4, -0.2) is 26.9 Å². The highest BCUT2D eigenvalue weighted by Gasteiger charge is 2.38. The normalized spacial score (nSPS) is 15.6. The van der Waals surface area contributed by atoms with Crippen LogP contribution in [0.5, 0.6) is 0 Å². The largest absolute Gasteiger partial charge is 0.467 e. The van der Waals surface area contributed by atoms with Crippen molar-refractivity contribution in [3.8, 4) is 0 Å². The SMILES string of the molecule is CC(=O)NC1(c2noc(CCC(=O)N(Cc3ccco3)Cc3ccc(C)s3)n2)CCCCCC1. The highest BCUT2D eigenvalue weighted by atomic mass is 32.1. The van der Waals surface area contributed by atoms with Crippen LogP contribution in [0.2, 0.25) is 0 Å². The van der Waals surface area contributed by atoms with E-state index in [9.17, 15) is 9.59 Å². The number of thiophene rings is 1. The Labute approximate surface area is 203 Å². The fraction of sp³-hybridized carbons (Fsp3) is 0.520. The topological polar surface area (TPSA) is 101 Å². The third-order valence-electron chi connectivity index (χ3n) is 6.24. The summed E-state index contributed by atoms with van der Waals surface area (Å²) in [7, 11) is 0. The van der Waals surface area contributed by atoms with Crippen molar-refractivity contribution in [1.29, 1.82) is 0 Å². The zero-order chi connectivity index (χ0) is 24.0. The number of hydrogen-bond donors (Lipinski definition) is 1. The van der Waals surface area contributed by atoms with Crippen molar-refractivity contribution < 1.29 is 18.5 Å². The van der Waals surface area contributed by atoms with Crippen LogP contribution in [-0.2, 0) is 34.6 Å². The van der Waals surface area contributed by atoms with Crippen molar-refractivity contribution in [2.75, 3.05) is 0 Å². The summed E-state index contributed by atoms with van der Waals surface area (Å²) >= 11 is 1.69. The molecule has 1 aliphatic rings. The summed E-state index contributed by atoms with van der Waals surface area (Å²) in [6.45, 7) is 4.51. The Morgan fingerprint density at radius 2 is 1.94 bits per heavy atom. The first kappa shape index (κ1) is 24.2. The number of furan rings is 1. The minimum atomic E-state index is -0.587. The molecule has 182 valence electrons. The average molecular weight is 485 g/mol. The second kappa shape index (κ2) is 11.0. The summed E-state index contributed by atoms with van der Waals surface area (Å²) in [5, 5.41) is 7.32. The number of amides is 2. The number of hydrogen-bond acceptors (Lipinski definition) is 7. The smallest absolute Gasteiger partial charge is 0.227 e. The van der Waals surface area contributed by atoms with Crippen molar-refractivity contribution in [2.24, 2.45) is 0 Å². The molecular weight excluding hydrogens is 452 g/mol. The van der Waals surface area contributed by atoms with E-state index in [1.807, 2.05) is 12.1 Å². The van der Waals surface area contributed by atoms with Crippen molar-refractivity contribution in [3.63, 3.8) is 0 Å². The van der Waals surface area contributed by atoms with Crippen LogP contribution in [0.25, 0.3) is 0 Å². The second-order valence-corrected chi connectivity index (χ2v) is 10.4. The Morgan fingerprint density at radius 1 is 1.15 bits per heavy atom. The number of nitrogens with zero attached hydrogens (tertiary/aromatic N) is 3. The fourth-order valence-corrected chi connectivity index (χ4v) is 5.48. The summed E-state index contributed by atoms with van der Waals surface area (Å²) in [5.74, 6) is 1.58. The molecule has 0 spiro atoms. The highest BCUT2D eigenvalue weighted by Crippen LogP contribution is 2.34. The van der Waals surface area contributed by atoms with Gasteiger partial charge in [-0.25, -0.2) is 0 Å². The van der Waals surface area contributed by atoms with Crippen LogP contribution in [0.1, 0.15) is 79.1 Å². The number of carbonyl (C=O) groups excluding carboxylic acids is 2. The van der Waals surface area contributed by atoms with E-state index in [-0.39, 0.29) is 18.2 Å². The standard InChI is InChI=1S/C25H32N4O4S/c1-18-9-10-21(34-18)17-29(16-20-8-7-15-32-20)23(31)12-11-22-26-24(28-33-22)25(27-19(2)30)13-5-3-4-6-14-25/h7-10,15H,3-6,11-14,16-17H2,1-2H3,(H,27,30). The predicted molar refractivity (Wildman–Crippen MR) is 128 cm³/mol. The first-order chi connectivity index (χ1) is 16.4. The van der Waals surface area contributed by atoms with Crippen LogP contribution in [0.15, 0.2) is 39.5 Å². The molecule has 3 aromatic heterocycles. The van der Waals surface area contributed by atoms with E-state index in [1.54, 1.807) is 22.5 Å². The quantitative estimate of drug-likeness (QED) is 0.434. The van der Waals surface area contributed by atoms with E-state index < -0.39 is 5.54 Å². The van der Waals surface area contributed by atoms with Crippen molar-refractivity contribution >= 4 is 23.2 Å². The molecule has 0 aromatic carbocycles. The van der Waals surface area contributed by atoms with Crippen molar-refractivity contribution in [2.45, 2.75) is 83.8 Å². The Bertz CT molecular complexity index is 1080. The first-order valence-corrected chi connectivity index (χ1v) is 12.7. The van der Waals surface area contributed by atoms with E-state index in [4.69, 9.17) is 8.94 Å². The maximum atomic E-state index is 13.2. The molecule has 1 saturated carbocycles. The minimum Gasteiger partial charge on any atom is -0.467 e. The molecule has 0 atom stereocenters. The van der Waals surface area contributed by atoms with Gasteiger partial charge in [-0.3, -0.25) is 9.59 Å². The van der Waals surface area contributed by atoms with E-state index in [0.29, 0.717) is 31.2 Å². The Hall–Kier alpha value is -2.94. The number of aryl methyl sites for hydroxylation is 2. The second-order valence-electron chi connectivity index (χ2n) is 9.03. The van der Waals surface area contributed by atoms with Crippen LogP contribution in [0.3, 0.4) is 0 Å². The molecule has 2 amide bonds. The lowest BCUT2D eigenvalue weighted by atomic mass is 9.89. The van der Waals surface area contributed by atoms with E-state index >= 15 is 0 Å². The molecule has 0 bridgehead atoms. The van der Waals surface area contributed by atoms with Gasteiger partial charge in [-0.15, -0.1) is 11.3 Å². The van der Waals surface area contributed by atoms with Crippen LogP contribution in [0.4, 0.5) is 0 Å². The van der Waals surface area contributed by atoms with E-state index in [1.165, 1.54) is 11.8 Å². The molecule has 4 rings (SSSR count). The molecule has 0 radical (unpaired) electrons. The summed E-state index contributed by atoms with van der Waals surface area (Å²) in [5.41, 5.74) is -0.587. The van der Waals surface area contributed by atoms with Gasteiger partial charge in [0.15, 0.2) is 5.82 Å². The molecule has 1 N–H and O–H groups in total. The molecular formula is C25H32N4O4S. The summed E-state index contributed by atoms with van der Waals surface area (Å²) in [4.78, 5) is 33.8. The summed E-state index contributed by atoms with van der Waals surface area (Å²) in [6.07, 6.45) is 8.08. The molecule has 0 saturated heterocycles. The Kier molecular flexibility index (Phi) is 7.82. The van der Waals surface area contributed by atoms with Gasteiger partial charge in [0.05, 0.1) is 19.4 Å². The van der Waals surface area contributed by atoms with Gasteiger partial charge >= 0.3 is 0 Å². The van der Waals surface area contributed by atoms with Gasteiger partial charge in [0.2, 0.25) is 17.7 Å². The van der Waals surface area contributed by atoms with Crippen molar-refractivity contribution in [3.05, 3.63) is 57.8 Å². The van der Waals surface area contributed by atoms with Gasteiger partial charge in [0.25, 0.3) is 0 Å². The molecule has 0 unspecified atom stereocenters. The zero-order valence-electron chi connectivity index (χ0n) is 19.8. The lowest BCUT2D eigenvalue weighted by Gasteiger charge is -2.30. The molecule has 8 nitrogen and oxygen atoms in total. The van der Waals surface area contributed by atoms with Crippen LogP contribution >= 0.6 is 11.3 Å². The molecule has 34 heavy (non-hydrogen) atoms. The van der Waals surface area contributed by atoms with Gasteiger partial charge in [0, 0.05) is 29.5 Å². The fourth-order valence-electron chi connectivity index (χ4n) is 4.58. The molecule has 1 aliphatic carbocycles. The third-order valence-corrected chi connectivity index (χ3v) is 7.23. The molecule has 1 fully saturated rings. The average Bonchev–Trinajstić information content (AvgIpc) is 3.54. The van der Waals surface area contributed by atoms with Crippen molar-refractivity contribution in [1.82, 2.24) is 20.4 Å². The lowest BCUT2D eigenvalue weighted by Crippen LogP contribution is -2.45. The van der Waals surface area contributed by atoms with Gasteiger partial charge in [0.1, 0.15) is 11.3 Å². The molecule has 9 heteroatoms. The van der Waals surface area contributed by atoms with Crippen LogP contribution in [0, 0.1) is 6.92 Å². The number of nitrogens with one attached hydrogen (secondary N) is 1. The Morgan fingerprint density at radius 3 is 2.59 bits per heavy atom. The number of rotatable bonds is 9. The maximum absolute atomic E-state index is 13.2. The number of aromatic nitrogens is 2. The number of carbonyl (C=O) groups is 2. The zero-order valence-corrected chi connectivity index (χ0v) is 20.7. The predicted octanol–water partition coefficient (Wildman–Crippen LogP) is 4.88. The van der Waals surface area contributed by atoms with E-state index in [2.05, 4.69) is 34.5 Å². The first-order valence-electron chi connectivity index (χ1n) is 11.9. The monoisotopic (exact) mass is 484 g/mol. The third kappa shape index (κ3) is 6.14. The molecule has 3 heterocycles. The van der Waals surface area contributed by atoms with E-state index in [0.717, 1.165) is 49.2 Å². The van der Waals surface area contributed by atoms with Gasteiger partial charge in [-0.2, -0.15) is 4.98 Å². The Balaban J connectivity index is 1.43. The summed E-state index contributed by atoms with van der Waals surface area (Å²) < 4.78 is 11.0. The molecule has 3 aromatic rings. The minimum absolute atomic E-state index is 0.00626. The van der Waals surface area contributed by atoms with Crippen LogP contribution < -0.4 is 5.32 Å².